The molecule has 0 aliphatic rings. The molecular weight excluding hydrogens is 228 g/mol. The van der Waals surface area contributed by atoms with Crippen LogP contribution in [0.15, 0.2) is 28.7 Å². The van der Waals surface area contributed by atoms with Gasteiger partial charge >= 0.3 is 0 Å². The van der Waals surface area contributed by atoms with Crippen LogP contribution in [0, 0.1) is 0 Å². The maximum absolute atomic E-state index is 5.66. The molecule has 0 spiro atoms. The Morgan fingerprint density at radius 2 is 2.08 bits per heavy atom. The number of nitrogens with two attached hydrogens (primary N) is 1. The number of aromatic nitrogens is 1. The fourth-order valence-electron chi connectivity index (χ4n) is 1.63. The van der Waals surface area contributed by atoms with Crippen molar-refractivity contribution >= 4 is 26.8 Å². The Balaban J connectivity index is 2.88. The molecule has 1 heterocycles. The van der Waals surface area contributed by atoms with Crippen molar-refractivity contribution in [3.05, 3.63) is 34.4 Å². The van der Waals surface area contributed by atoms with Gasteiger partial charge in [0.15, 0.2) is 0 Å². The zero-order valence-corrected chi connectivity index (χ0v) is 9.01. The van der Waals surface area contributed by atoms with Crippen molar-refractivity contribution in [3.8, 4) is 0 Å². The van der Waals surface area contributed by atoms with Crippen LogP contribution in [0.5, 0.6) is 0 Å². The van der Waals surface area contributed by atoms with Crippen molar-refractivity contribution < 1.29 is 0 Å². The van der Waals surface area contributed by atoms with E-state index >= 15 is 0 Å². The average Bonchev–Trinajstić information content (AvgIpc) is 2.41. The normalized spacial score (nSPS) is 11.0. The predicted octanol–water partition coefficient (Wildman–Crippen LogP) is 2.40. The highest BCUT2D eigenvalue weighted by Gasteiger charge is 2.09. The lowest BCUT2D eigenvalue weighted by atomic mass is 10.2. The molecule has 0 aliphatic carbocycles. The van der Waals surface area contributed by atoms with E-state index in [1.807, 2.05) is 19.2 Å². The van der Waals surface area contributed by atoms with E-state index < -0.39 is 0 Å². The maximum atomic E-state index is 5.66. The molecule has 0 unspecified atom stereocenters. The van der Waals surface area contributed by atoms with Crippen molar-refractivity contribution in [2.45, 2.75) is 6.54 Å². The van der Waals surface area contributed by atoms with Gasteiger partial charge in [-0.05, 0) is 22.0 Å². The van der Waals surface area contributed by atoms with Crippen molar-refractivity contribution in [2.24, 2.45) is 12.8 Å². The summed E-state index contributed by atoms with van der Waals surface area (Å²) in [7, 11) is 2.04. The van der Waals surface area contributed by atoms with Gasteiger partial charge in [-0.25, -0.2) is 0 Å². The predicted molar refractivity (Wildman–Crippen MR) is 58.5 cm³/mol. The number of nitrogens with zero attached hydrogens (tertiary/aromatic N) is 1. The van der Waals surface area contributed by atoms with Crippen molar-refractivity contribution in [1.29, 1.82) is 0 Å². The molecule has 1 aromatic carbocycles. The minimum atomic E-state index is 0.561. The summed E-state index contributed by atoms with van der Waals surface area (Å²) in [6.45, 7) is 0.561. The van der Waals surface area contributed by atoms with Crippen LogP contribution in [0.4, 0.5) is 0 Å². The first kappa shape index (κ1) is 8.78. The molecule has 2 nitrogen and oxygen atoms in total. The molecule has 0 bridgehead atoms. The quantitative estimate of drug-likeness (QED) is 0.813. The number of halogens is 1. The van der Waals surface area contributed by atoms with Gasteiger partial charge in [0.05, 0.1) is 0 Å². The minimum absolute atomic E-state index is 0.561. The highest BCUT2D eigenvalue weighted by molar-refractivity contribution is 9.10. The molecule has 2 rings (SSSR count). The number of rotatable bonds is 1. The van der Waals surface area contributed by atoms with Gasteiger partial charge in [-0.2, -0.15) is 0 Å². The summed E-state index contributed by atoms with van der Waals surface area (Å²) >= 11 is 3.56. The summed E-state index contributed by atoms with van der Waals surface area (Å²) in [5.74, 6) is 0. The number of hydrogen-bond donors (Lipinski definition) is 1. The molecule has 2 N–H and O–H groups in total. The van der Waals surface area contributed by atoms with E-state index in [0.717, 1.165) is 10.2 Å². The molecule has 0 saturated heterocycles. The summed E-state index contributed by atoms with van der Waals surface area (Å²) < 4.78 is 3.24. The lowest BCUT2D eigenvalue weighted by Crippen LogP contribution is -2.03. The third kappa shape index (κ3) is 1.19. The Kier molecular flexibility index (Phi) is 2.14. The SMILES string of the molecule is Cn1c(CN)c(Br)c2ccccc21. The van der Waals surface area contributed by atoms with E-state index in [2.05, 4.69) is 32.6 Å². The lowest BCUT2D eigenvalue weighted by Gasteiger charge is -2.00. The Labute approximate surface area is 85.5 Å². The van der Waals surface area contributed by atoms with Crippen LogP contribution in [0.3, 0.4) is 0 Å². The standard InChI is InChI=1S/C10H11BrN2/c1-13-8-5-3-2-4-7(8)10(11)9(13)6-12/h2-5H,6,12H2,1H3. The van der Waals surface area contributed by atoms with Crippen LogP contribution in [0.25, 0.3) is 10.9 Å². The summed E-state index contributed by atoms with van der Waals surface area (Å²) in [5, 5.41) is 1.23. The Morgan fingerprint density at radius 3 is 2.69 bits per heavy atom. The molecule has 0 radical (unpaired) electrons. The zero-order chi connectivity index (χ0) is 9.42. The number of aryl methyl sites for hydroxylation is 1. The van der Waals surface area contributed by atoms with E-state index in [4.69, 9.17) is 5.73 Å². The second kappa shape index (κ2) is 3.16. The third-order valence-corrected chi connectivity index (χ3v) is 3.24. The zero-order valence-electron chi connectivity index (χ0n) is 7.42. The van der Waals surface area contributed by atoms with Gasteiger partial charge in [0.1, 0.15) is 0 Å². The number of para-hydroxylation sites is 1. The van der Waals surface area contributed by atoms with E-state index in [0.29, 0.717) is 6.54 Å². The van der Waals surface area contributed by atoms with Gasteiger partial charge < -0.3 is 10.3 Å². The van der Waals surface area contributed by atoms with Crippen molar-refractivity contribution in [3.63, 3.8) is 0 Å². The van der Waals surface area contributed by atoms with Crippen LogP contribution in [0.2, 0.25) is 0 Å². The summed E-state index contributed by atoms with van der Waals surface area (Å²) in [6, 6.07) is 8.26. The van der Waals surface area contributed by atoms with Gasteiger partial charge in [-0.3, -0.25) is 0 Å². The van der Waals surface area contributed by atoms with Gasteiger partial charge in [0, 0.05) is 34.7 Å². The fourth-order valence-corrected chi connectivity index (χ4v) is 2.39. The Hall–Kier alpha value is -0.800. The van der Waals surface area contributed by atoms with Gasteiger partial charge in [-0.15, -0.1) is 0 Å². The van der Waals surface area contributed by atoms with Crippen LogP contribution in [0.1, 0.15) is 5.69 Å². The molecular formula is C10H11BrN2. The Morgan fingerprint density at radius 1 is 1.38 bits per heavy atom. The first-order valence-electron chi connectivity index (χ1n) is 4.17. The van der Waals surface area contributed by atoms with E-state index in [1.54, 1.807) is 0 Å². The van der Waals surface area contributed by atoms with Gasteiger partial charge in [0.2, 0.25) is 0 Å². The van der Waals surface area contributed by atoms with Gasteiger partial charge in [-0.1, -0.05) is 18.2 Å². The summed E-state index contributed by atoms with van der Waals surface area (Å²) in [6.07, 6.45) is 0. The average molecular weight is 239 g/mol. The minimum Gasteiger partial charge on any atom is -0.345 e. The van der Waals surface area contributed by atoms with Crippen LogP contribution < -0.4 is 5.73 Å². The van der Waals surface area contributed by atoms with Crippen LogP contribution in [-0.2, 0) is 13.6 Å². The molecule has 0 atom stereocenters. The number of fused-ring (bicyclic) bond motifs is 1. The lowest BCUT2D eigenvalue weighted by molar-refractivity contribution is 0.844. The third-order valence-electron chi connectivity index (χ3n) is 2.35. The second-order valence-corrected chi connectivity index (χ2v) is 3.83. The van der Waals surface area contributed by atoms with Gasteiger partial charge in [0.25, 0.3) is 0 Å². The van der Waals surface area contributed by atoms with Crippen LogP contribution in [-0.4, -0.2) is 4.57 Å². The number of benzene rings is 1. The molecule has 0 saturated carbocycles. The van der Waals surface area contributed by atoms with E-state index in [-0.39, 0.29) is 0 Å². The molecule has 1 aromatic heterocycles. The van der Waals surface area contributed by atoms with E-state index in [1.165, 1.54) is 10.9 Å². The first-order chi connectivity index (χ1) is 6.25. The maximum Gasteiger partial charge on any atom is 0.0492 e. The van der Waals surface area contributed by atoms with Crippen molar-refractivity contribution in [1.82, 2.24) is 4.57 Å². The summed E-state index contributed by atoms with van der Waals surface area (Å²) in [5.41, 5.74) is 8.02. The van der Waals surface area contributed by atoms with E-state index in [9.17, 15) is 0 Å². The molecule has 68 valence electrons. The molecule has 2 aromatic rings. The first-order valence-corrected chi connectivity index (χ1v) is 4.97. The second-order valence-electron chi connectivity index (χ2n) is 3.04. The highest BCUT2D eigenvalue weighted by Crippen LogP contribution is 2.29. The fraction of sp³-hybridized carbons (Fsp3) is 0.200. The number of hydrogen-bond acceptors (Lipinski definition) is 1. The monoisotopic (exact) mass is 238 g/mol. The molecule has 0 amide bonds. The molecule has 0 fully saturated rings. The van der Waals surface area contributed by atoms with Crippen LogP contribution >= 0.6 is 15.9 Å². The topological polar surface area (TPSA) is 30.9 Å². The smallest absolute Gasteiger partial charge is 0.0492 e. The largest absolute Gasteiger partial charge is 0.345 e. The molecule has 13 heavy (non-hydrogen) atoms. The molecule has 3 heteroatoms. The summed E-state index contributed by atoms with van der Waals surface area (Å²) in [4.78, 5) is 0. The molecule has 0 aliphatic heterocycles. The van der Waals surface area contributed by atoms with Crippen molar-refractivity contribution in [2.75, 3.05) is 0 Å². The highest BCUT2D eigenvalue weighted by atomic mass is 79.9. The Bertz CT molecular complexity index is 406.